The minimum atomic E-state index is -0.360. The molecule has 0 radical (unpaired) electrons. The summed E-state index contributed by atoms with van der Waals surface area (Å²) >= 11 is 0. The molecular formula is C35H36FN3O6. The van der Waals surface area contributed by atoms with Crippen LogP contribution in [0.5, 0.6) is 17.2 Å². The molecule has 4 rings (SSSR count). The van der Waals surface area contributed by atoms with E-state index in [0.29, 0.717) is 54.4 Å². The van der Waals surface area contributed by atoms with Crippen molar-refractivity contribution >= 4 is 18.2 Å². The summed E-state index contributed by atoms with van der Waals surface area (Å²) in [4.78, 5) is 40.7. The summed E-state index contributed by atoms with van der Waals surface area (Å²) in [5, 5.41) is 2.89. The molecule has 45 heavy (non-hydrogen) atoms. The van der Waals surface area contributed by atoms with Gasteiger partial charge in [-0.25, -0.2) is 9.18 Å². The number of carbonyl (C=O) groups excluding carboxylic acids is 3. The average Bonchev–Trinajstić information content (AvgIpc) is 3.07. The molecule has 4 aromatic carbocycles. The largest absolute Gasteiger partial charge is 0.496 e. The summed E-state index contributed by atoms with van der Waals surface area (Å²) in [6.45, 7) is 1.37. The van der Waals surface area contributed by atoms with Crippen LogP contribution in [-0.4, -0.2) is 61.9 Å². The van der Waals surface area contributed by atoms with Crippen LogP contribution in [0.3, 0.4) is 0 Å². The van der Waals surface area contributed by atoms with E-state index in [9.17, 15) is 18.8 Å². The second-order valence-corrected chi connectivity index (χ2v) is 10.2. The number of likely N-dealkylation sites (N-methyl/N-ethyl adjacent to an activating group) is 1. The normalized spacial score (nSPS) is 10.6. The molecule has 0 heterocycles. The van der Waals surface area contributed by atoms with Gasteiger partial charge in [-0.2, -0.15) is 0 Å². The van der Waals surface area contributed by atoms with Gasteiger partial charge in [0.1, 0.15) is 29.4 Å². The Morgan fingerprint density at radius 1 is 0.867 bits per heavy atom. The fraction of sp³-hybridized carbons (Fsp3) is 0.229. The molecule has 0 saturated carbocycles. The average molecular weight is 614 g/mol. The molecule has 4 aromatic rings. The van der Waals surface area contributed by atoms with Gasteiger partial charge in [0.25, 0.3) is 5.91 Å². The van der Waals surface area contributed by atoms with E-state index in [4.69, 9.17) is 14.2 Å². The molecule has 0 aliphatic rings. The van der Waals surface area contributed by atoms with E-state index in [1.807, 2.05) is 42.5 Å². The van der Waals surface area contributed by atoms with Crippen LogP contribution >= 0.6 is 0 Å². The number of ether oxygens (including phenoxy) is 3. The lowest BCUT2D eigenvalue weighted by Gasteiger charge is -2.27. The van der Waals surface area contributed by atoms with Crippen LogP contribution < -0.4 is 14.8 Å². The third-order valence-electron chi connectivity index (χ3n) is 6.88. The number of carbonyl (C=O) groups is 3. The van der Waals surface area contributed by atoms with Crippen LogP contribution in [0.4, 0.5) is 9.18 Å². The molecule has 0 aromatic heterocycles. The van der Waals surface area contributed by atoms with E-state index in [-0.39, 0.29) is 37.4 Å². The third kappa shape index (κ3) is 9.90. The molecule has 0 saturated heterocycles. The number of nitrogens with zero attached hydrogens (tertiary/aromatic N) is 2. The van der Waals surface area contributed by atoms with Gasteiger partial charge in [-0.1, -0.05) is 48.5 Å². The topological polar surface area (TPSA) is 97.4 Å². The first-order valence-corrected chi connectivity index (χ1v) is 14.4. The Balaban J connectivity index is 1.33. The standard InChI is InChI=1S/C35H36FN3O6/c1-38(19-21-44-25-27-6-4-3-5-7-27)35(42)39(18-20-40)24-28-10-17-33(43-2)32(22-28)34(41)37-23-26-8-13-30(14-9-26)45-31-15-11-29(36)12-16-31/h3-17,20,22H,18-19,21,23-25H2,1-2H3,(H,37,41). The summed E-state index contributed by atoms with van der Waals surface area (Å²) in [5.74, 6) is 0.760. The van der Waals surface area contributed by atoms with Gasteiger partial charge >= 0.3 is 6.03 Å². The smallest absolute Gasteiger partial charge is 0.320 e. The number of nitrogens with one attached hydrogen (secondary N) is 1. The lowest BCUT2D eigenvalue weighted by Crippen LogP contribution is -2.43. The number of urea groups is 1. The van der Waals surface area contributed by atoms with Crippen molar-refractivity contribution < 1.29 is 33.0 Å². The molecule has 0 bridgehead atoms. The molecule has 1 N–H and O–H groups in total. The highest BCUT2D eigenvalue weighted by Gasteiger charge is 2.20. The molecule has 10 heteroatoms. The van der Waals surface area contributed by atoms with Crippen molar-refractivity contribution in [3.8, 4) is 17.2 Å². The van der Waals surface area contributed by atoms with Gasteiger partial charge in [0.15, 0.2) is 0 Å². The van der Waals surface area contributed by atoms with Crippen molar-refractivity contribution in [3.63, 3.8) is 0 Å². The van der Waals surface area contributed by atoms with Crippen LogP contribution in [0.15, 0.2) is 97.1 Å². The Labute approximate surface area is 262 Å². The van der Waals surface area contributed by atoms with E-state index in [0.717, 1.165) is 11.1 Å². The maximum atomic E-state index is 13.2. The Morgan fingerprint density at radius 3 is 2.20 bits per heavy atom. The maximum absolute atomic E-state index is 13.2. The van der Waals surface area contributed by atoms with Gasteiger partial charge < -0.3 is 34.1 Å². The number of halogens is 1. The quantitative estimate of drug-likeness (QED) is 0.134. The van der Waals surface area contributed by atoms with Gasteiger partial charge in [-0.15, -0.1) is 0 Å². The lowest BCUT2D eigenvalue weighted by molar-refractivity contribution is -0.108. The van der Waals surface area contributed by atoms with Gasteiger partial charge in [0.05, 0.1) is 32.4 Å². The summed E-state index contributed by atoms with van der Waals surface area (Å²) in [6.07, 6.45) is 0.671. The number of aldehydes is 1. The molecule has 0 unspecified atom stereocenters. The SMILES string of the molecule is COc1ccc(CN(CC=O)C(=O)N(C)CCOCc2ccccc2)cc1C(=O)NCc1ccc(Oc2ccc(F)cc2)cc1. The van der Waals surface area contributed by atoms with E-state index in [1.165, 1.54) is 29.0 Å². The Hall–Kier alpha value is -5.22. The lowest BCUT2D eigenvalue weighted by atomic mass is 10.1. The number of amides is 3. The Bertz CT molecular complexity index is 1550. The third-order valence-corrected chi connectivity index (χ3v) is 6.88. The van der Waals surface area contributed by atoms with E-state index in [2.05, 4.69) is 5.32 Å². The summed E-state index contributed by atoms with van der Waals surface area (Å²) in [7, 11) is 3.13. The second-order valence-electron chi connectivity index (χ2n) is 10.2. The first kappa shape index (κ1) is 32.7. The number of hydrogen-bond donors (Lipinski definition) is 1. The minimum Gasteiger partial charge on any atom is -0.496 e. The fourth-order valence-electron chi connectivity index (χ4n) is 4.45. The molecular weight excluding hydrogens is 577 g/mol. The zero-order chi connectivity index (χ0) is 32.0. The van der Waals surface area contributed by atoms with Gasteiger partial charge in [-0.3, -0.25) is 4.79 Å². The predicted molar refractivity (Wildman–Crippen MR) is 168 cm³/mol. The number of hydrogen-bond acceptors (Lipinski definition) is 6. The molecule has 0 aliphatic heterocycles. The Kier molecular flexibility index (Phi) is 12.0. The molecule has 0 atom stereocenters. The van der Waals surface area contributed by atoms with Crippen LogP contribution in [0.1, 0.15) is 27.0 Å². The van der Waals surface area contributed by atoms with Crippen LogP contribution in [0.25, 0.3) is 0 Å². The minimum absolute atomic E-state index is 0.109. The number of benzene rings is 4. The highest BCUT2D eigenvalue weighted by Crippen LogP contribution is 2.23. The predicted octanol–water partition coefficient (Wildman–Crippen LogP) is 5.83. The first-order valence-electron chi connectivity index (χ1n) is 14.4. The van der Waals surface area contributed by atoms with E-state index >= 15 is 0 Å². The van der Waals surface area contributed by atoms with Crippen molar-refractivity contribution in [2.45, 2.75) is 19.7 Å². The summed E-state index contributed by atoms with van der Waals surface area (Å²) in [5.41, 5.74) is 2.84. The highest BCUT2D eigenvalue weighted by atomic mass is 19.1. The molecule has 3 amide bonds. The zero-order valence-corrected chi connectivity index (χ0v) is 25.3. The van der Waals surface area contributed by atoms with Crippen LogP contribution in [0, 0.1) is 5.82 Å². The Morgan fingerprint density at radius 2 is 1.53 bits per heavy atom. The fourth-order valence-corrected chi connectivity index (χ4v) is 4.45. The summed E-state index contributed by atoms with van der Waals surface area (Å²) in [6, 6.07) is 27.4. The maximum Gasteiger partial charge on any atom is 0.320 e. The van der Waals surface area contributed by atoms with Crippen LogP contribution in [0.2, 0.25) is 0 Å². The molecule has 0 aliphatic carbocycles. The van der Waals surface area contributed by atoms with Crippen molar-refractivity contribution in [1.82, 2.24) is 15.1 Å². The van der Waals surface area contributed by atoms with E-state index in [1.54, 1.807) is 49.5 Å². The van der Waals surface area contributed by atoms with Gasteiger partial charge in [0.2, 0.25) is 0 Å². The number of methoxy groups -OCH3 is 1. The molecule has 234 valence electrons. The highest BCUT2D eigenvalue weighted by molar-refractivity contribution is 5.97. The van der Waals surface area contributed by atoms with Gasteiger partial charge in [-0.05, 0) is 65.2 Å². The van der Waals surface area contributed by atoms with Crippen molar-refractivity contribution in [2.75, 3.05) is 33.9 Å². The molecule has 0 fully saturated rings. The van der Waals surface area contributed by atoms with Crippen molar-refractivity contribution in [3.05, 3.63) is 125 Å². The van der Waals surface area contributed by atoms with Crippen molar-refractivity contribution in [2.24, 2.45) is 0 Å². The summed E-state index contributed by atoms with van der Waals surface area (Å²) < 4.78 is 30.0. The van der Waals surface area contributed by atoms with Crippen molar-refractivity contribution in [1.29, 1.82) is 0 Å². The molecule has 0 spiro atoms. The van der Waals surface area contributed by atoms with E-state index < -0.39 is 0 Å². The van der Waals surface area contributed by atoms with Gasteiger partial charge in [0, 0.05) is 26.7 Å². The van der Waals surface area contributed by atoms with Crippen LogP contribution in [-0.2, 0) is 29.2 Å². The first-order chi connectivity index (χ1) is 21.9. The monoisotopic (exact) mass is 613 g/mol. The number of rotatable bonds is 15. The zero-order valence-electron chi connectivity index (χ0n) is 25.3. The molecule has 9 nitrogen and oxygen atoms in total. The second kappa shape index (κ2) is 16.6.